The van der Waals surface area contributed by atoms with Crippen LogP contribution in [0, 0.1) is 0 Å². The average Bonchev–Trinajstić information content (AvgIpc) is 2.65. The lowest BCUT2D eigenvalue weighted by atomic mass is 10.3. The van der Waals surface area contributed by atoms with Gasteiger partial charge in [-0.25, -0.2) is 0 Å². The van der Waals surface area contributed by atoms with Crippen LogP contribution in [-0.2, 0) is 14.3 Å². The van der Waals surface area contributed by atoms with E-state index in [0.717, 1.165) is 0 Å². The molecule has 0 bridgehead atoms. The fraction of sp³-hybridized carbons (Fsp3) is 0.667. The molecule has 0 saturated carbocycles. The van der Waals surface area contributed by atoms with E-state index in [9.17, 15) is 9.59 Å². The summed E-state index contributed by atoms with van der Waals surface area (Å²) in [5.41, 5.74) is 0. The number of aliphatic carboxylic acids is 1. The summed E-state index contributed by atoms with van der Waals surface area (Å²) in [6.07, 6.45) is 0. The Bertz CT molecular complexity index is 191. The van der Waals surface area contributed by atoms with Gasteiger partial charge in [-0.1, -0.05) is 0 Å². The zero-order valence-corrected chi connectivity index (χ0v) is 6.03. The van der Waals surface area contributed by atoms with E-state index in [4.69, 9.17) is 5.11 Å². The molecule has 0 amide bonds. The highest BCUT2D eigenvalue weighted by molar-refractivity contribution is 5.91. The second kappa shape index (κ2) is 2.87. The molecule has 0 spiro atoms. The molecule has 0 radical (unpaired) electrons. The van der Waals surface area contributed by atoms with Gasteiger partial charge in [0, 0.05) is 0 Å². The summed E-state index contributed by atoms with van der Waals surface area (Å²) < 4.78 is 4.58. The van der Waals surface area contributed by atoms with Crippen molar-refractivity contribution in [3.05, 3.63) is 0 Å². The van der Waals surface area contributed by atoms with E-state index in [1.807, 2.05) is 0 Å². The average molecular weight is 159 g/mol. The predicted octanol–water partition coefficient (Wildman–Crippen LogP) is -1.03. The van der Waals surface area contributed by atoms with Crippen molar-refractivity contribution in [1.29, 1.82) is 0 Å². The van der Waals surface area contributed by atoms with Crippen molar-refractivity contribution >= 4 is 11.9 Å². The smallest absolute Gasteiger partial charge is 0.325 e. The first-order chi connectivity index (χ1) is 5.16. The fourth-order valence-electron chi connectivity index (χ4n) is 0.788. The van der Waals surface area contributed by atoms with Crippen molar-refractivity contribution < 1.29 is 19.4 Å². The second-order valence-electron chi connectivity index (χ2n) is 2.21. The molecule has 2 atom stereocenters. The number of carboxylic acid groups (broad SMARTS) is 1. The van der Waals surface area contributed by atoms with Crippen LogP contribution >= 0.6 is 0 Å². The maximum Gasteiger partial charge on any atom is 0.325 e. The SMILES string of the molecule is CCOC(=O)[C@@H]1N[C@H]1C(=O)O. The van der Waals surface area contributed by atoms with Gasteiger partial charge in [0.15, 0.2) is 0 Å². The Morgan fingerprint density at radius 3 is 2.55 bits per heavy atom. The quantitative estimate of drug-likeness (QED) is 0.406. The topological polar surface area (TPSA) is 85.5 Å². The number of nitrogens with one attached hydrogen (secondary N) is 1. The van der Waals surface area contributed by atoms with Crippen LogP contribution in [-0.4, -0.2) is 35.7 Å². The second-order valence-corrected chi connectivity index (χ2v) is 2.21. The fourth-order valence-corrected chi connectivity index (χ4v) is 0.788. The monoisotopic (exact) mass is 159 g/mol. The van der Waals surface area contributed by atoms with E-state index in [1.165, 1.54) is 0 Å². The van der Waals surface area contributed by atoms with Crippen molar-refractivity contribution in [3.63, 3.8) is 0 Å². The number of rotatable bonds is 3. The molecule has 11 heavy (non-hydrogen) atoms. The Morgan fingerprint density at radius 2 is 2.18 bits per heavy atom. The van der Waals surface area contributed by atoms with E-state index in [2.05, 4.69) is 10.1 Å². The zero-order chi connectivity index (χ0) is 8.43. The van der Waals surface area contributed by atoms with Crippen LogP contribution in [0.5, 0.6) is 0 Å². The lowest BCUT2D eigenvalue weighted by Gasteiger charge is -1.95. The summed E-state index contributed by atoms with van der Waals surface area (Å²) in [5, 5.41) is 10.8. The Labute approximate surface area is 63.3 Å². The predicted molar refractivity (Wildman–Crippen MR) is 35.0 cm³/mol. The molecule has 1 rings (SSSR count). The van der Waals surface area contributed by atoms with Gasteiger partial charge in [0.1, 0.15) is 12.1 Å². The molecule has 5 nitrogen and oxygen atoms in total. The Hall–Kier alpha value is -1.10. The van der Waals surface area contributed by atoms with E-state index < -0.39 is 24.0 Å². The number of esters is 1. The largest absolute Gasteiger partial charge is 0.480 e. The van der Waals surface area contributed by atoms with Crippen molar-refractivity contribution in [2.24, 2.45) is 0 Å². The molecule has 1 heterocycles. The standard InChI is InChI=1S/C6H9NO4/c1-2-11-6(10)4-3(7-4)5(8)9/h3-4,7H,2H2,1H3,(H,8,9)/t3-,4-/m1/s1. The normalized spacial score (nSPS) is 27.7. The van der Waals surface area contributed by atoms with Gasteiger partial charge in [0.05, 0.1) is 6.61 Å². The van der Waals surface area contributed by atoms with Gasteiger partial charge in [-0.2, -0.15) is 0 Å². The maximum atomic E-state index is 10.8. The first-order valence-corrected chi connectivity index (χ1v) is 3.32. The summed E-state index contributed by atoms with van der Waals surface area (Å²) in [7, 11) is 0. The summed E-state index contributed by atoms with van der Waals surface area (Å²) in [4.78, 5) is 21.0. The third-order valence-corrected chi connectivity index (χ3v) is 1.39. The molecular weight excluding hydrogens is 150 g/mol. The van der Waals surface area contributed by atoms with Crippen LogP contribution in [0.1, 0.15) is 6.92 Å². The lowest BCUT2D eigenvalue weighted by molar-refractivity contribution is -0.144. The minimum atomic E-state index is -1.01. The molecule has 1 aliphatic heterocycles. The van der Waals surface area contributed by atoms with Crippen molar-refractivity contribution in [1.82, 2.24) is 5.32 Å². The molecule has 0 aliphatic carbocycles. The minimum Gasteiger partial charge on any atom is -0.480 e. The molecule has 5 heteroatoms. The van der Waals surface area contributed by atoms with Crippen molar-refractivity contribution in [3.8, 4) is 0 Å². The maximum absolute atomic E-state index is 10.8. The number of carbonyl (C=O) groups excluding carboxylic acids is 1. The van der Waals surface area contributed by atoms with Crippen LogP contribution in [0.15, 0.2) is 0 Å². The lowest BCUT2D eigenvalue weighted by Crippen LogP contribution is -2.18. The van der Waals surface area contributed by atoms with Crippen LogP contribution in [0.2, 0.25) is 0 Å². The first kappa shape index (κ1) is 8.00. The van der Waals surface area contributed by atoms with E-state index in [-0.39, 0.29) is 6.61 Å². The van der Waals surface area contributed by atoms with Crippen molar-refractivity contribution in [2.45, 2.75) is 19.0 Å². The highest BCUT2D eigenvalue weighted by Crippen LogP contribution is 2.12. The molecular formula is C6H9NO4. The highest BCUT2D eigenvalue weighted by atomic mass is 16.5. The van der Waals surface area contributed by atoms with Gasteiger partial charge in [0.25, 0.3) is 0 Å². The molecule has 2 N–H and O–H groups in total. The van der Waals surface area contributed by atoms with Crippen LogP contribution < -0.4 is 5.32 Å². The molecule has 1 fully saturated rings. The molecule has 1 aliphatic rings. The van der Waals surface area contributed by atoms with E-state index >= 15 is 0 Å². The van der Waals surface area contributed by atoms with E-state index in [1.54, 1.807) is 6.92 Å². The highest BCUT2D eigenvalue weighted by Gasteiger charge is 2.48. The van der Waals surface area contributed by atoms with Gasteiger partial charge >= 0.3 is 11.9 Å². The summed E-state index contributed by atoms with van der Waals surface area (Å²) in [6, 6.07) is -1.37. The summed E-state index contributed by atoms with van der Waals surface area (Å²) >= 11 is 0. The molecule has 62 valence electrons. The van der Waals surface area contributed by atoms with E-state index in [0.29, 0.717) is 0 Å². The number of hydrogen-bond acceptors (Lipinski definition) is 4. The van der Waals surface area contributed by atoms with Crippen molar-refractivity contribution in [2.75, 3.05) is 6.61 Å². The van der Waals surface area contributed by atoms with Crippen LogP contribution in [0.3, 0.4) is 0 Å². The summed E-state index contributed by atoms with van der Waals surface area (Å²) in [6.45, 7) is 1.96. The first-order valence-electron chi connectivity index (χ1n) is 3.32. The Balaban J connectivity index is 2.32. The van der Waals surface area contributed by atoms with Gasteiger partial charge in [-0.15, -0.1) is 0 Å². The van der Waals surface area contributed by atoms with Gasteiger partial charge < -0.3 is 9.84 Å². The van der Waals surface area contributed by atoms with Gasteiger partial charge in [-0.3, -0.25) is 14.9 Å². The minimum absolute atomic E-state index is 0.281. The number of hydrogen-bond donors (Lipinski definition) is 2. The Morgan fingerprint density at radius 1 is 1.55 bits per heavy atom. The molecule has 0 aromatic carbocycles. The Kier molecular flexibility index (Phi) is 2.09. The third-order valence-electron chi connectivity index (χ3n) is 1.39. The molecule has 0 aromatic heterocycles. The summed E-state index contributed by atoms with van der Waals surface area (Å²) in [5.74, 6) is -1.50. The number of carbonyl (C=O) groups is 2. The third kappa shape index (κ3) is 1.68. The van der Waals surface area contributed by atoms with Crippen LogP contribution in [0.4, 0.5) is 0 Å². The number of carboxylic acids is 1. The zero-order valence-electron chi connectivity index (χ0n) is 6.03. The molecule has 0 aromatic rings. The van der Waals surface area contributed by atoms with Crippen LogP contribution in [0.25, 0.3) is 0 Å². The van der Waals surface area contributed by atoms with Gasteiger partial charge in [0.2, 0.25) is 0 Å². The van der Waals surface area contributed by atoms with Gasteiger partial charge in [-0.05, 0) is 6.92 Å². The number of ether oxygens (including phenoxy) is 1. The molecule has 1 saturated heterocycles. The molecule has 0 unspecified atom stereocenters.